The highest BCUT2D eigenvalue weighted by molar-refractivity contribution is 6.05. The normalized spacial score (nSPS) is 10.5. The average molecular weight is 460 g/mol. The number of nitrogens with two attached hydrogens (primary N) is 1. The van der Waals surface area contributed by atoms with Crippen molar-refractivity contribution in [1.82, 2.24) is 20.1 Å². The van der Waals surface area contributed by atoms with E-state index in [2.05, 4.69) is 20.7 Å². The first-order valence-corrected chi connectivity index (χ1v) is 10.3. The van der Waals surface area contributed by atoms with Crippen LogP contribution in [0.3, 0.4) is 0 Å². The van der Waals surface area contributed by atoms with E-state index >= 15 is 0 Å². The van der Waals surface area contributed by atoms with Gasteiger partial charge in [-0.15, -0.1) is 5.10 Å². The molecular formula is C24H21FN6O3. The number of hydrogen-bond donors (Lipinski definition) is 3. The first kappa shape index (κ1) is 22.5. The van der Waals surface area contributed by atoms with Crippen LogP contribution >= 0.6 is 0 Å². The van der Waals surface area contributed by atoms with Crippen LogP contribution in [0.2, 0.25) is 0 Å². The summed E-state index contributed by atoms with van der Waals surface area (Å²) in [5.41, 5.74) is 8.25. The van der Waals surface area contributed by atoms with Gasteiger partial charge in [-0.05, 0) is 41.5 Å². The smallest absolute Gasteiger partial charge is 0.407 e. The molecule has 0 bridgehead atoms. The molecular weight excluding hydrogens is 439 g/mol. The fraction of sp³-hybridized carbons (Fsp3) is 0.0833. The molecule has 4 N–H and O–H groups in total. The number of amides is 2. The Hall–Kier alpha value is -4.73. The summed E-state index contributed by atoms with van der Waals surface area (Å²) in [5, 5.41) is 9.42. The van der Waals surface area contributed by atoms with Crippen LogP contribution in [0.5, 0.6) is 0 Å². The highest BCUT2D eigenvalue weighted by Gasteiger charge is 2.14. The third-order valence-corrected chi connectivity index (χ3v) is 4.82. The predicted molar refractivity (Wildman–Crippen MR) is 124 cm³/mol. The second-order valence-electron chi connectivity index (χ2n) is 7.27. The number of ether oxygens (including phenoxy) is 1. The molecule has 0 atom stereocenters. The molecule has 0 aliphatic carbocycles. The highest BCUT2D eigenvalue weighted by atomic mass is 19.1. The molecule has 0 fully saturated rings. The third-order valence-electron chi connectivity index (χ3n) is 4.82. The van der Waals surface area contributed by atoms with Gasteiger partial charge in [0.15, 0.2) is 5.82 Å². The maximum Gasteiger partial charge on any atom is 0.407 e. The Labute approximate surface area is 194 Å². The summed E-state index contributed by atoms with van der Waals surface area (Å²) in [7, 11) is 0. The topological polar surface area (TPSA) is 124 Å². The van der Waals surface area contributed by atoms with Gasteiger partial charge < -0.3 is 21.1 Å². The zero-order chi connectivity index (χ0) is 23.9. The number of carbonyl (C=O) groups excluding carboxylic acids is 2. The van der Waals surface area contributed by atoms with Crippen molar-refractivity contribution in [2.24, 2.45) is 0 Å². The van der Waals surface area contributed by atoms with Crippen molar-refractivity contribution in [1.29, 1.82) is 0 Å². The number of anilines is 2. The lowest BCUT2D eigenvalue weighted by Gasteiger charge is -2.08. The van der Waals surface area contributed by atoms with E-state index in [1.54, 1.807) is 60.9 Å². The van der Waals surface area contributed by atoms with Crippen LogP contribution in [-0.2, 0) is 17.9 Å². The van der Waals surface area contributed by atoms with Crippen LogP contribution in [-0.4, -0.2) is 26.8 Å². The summed E-state index contributed by atoms with van der Waals surface area (Å²) < 4.78 is 20.4. The first-order chi connectivity index (χ1) is 16.5. The summed E-state index contributed by atoms with van der Waals surface area (Å²) in [6.07, 6.45) is 4.17. The summed E-state index contributed by atoms with van der Waals surface area (Å²) in [6.45, 7) is 0.350. The number of hydrogen-bond acceptors (Lipinski definition) is 6. The molecule has 2 heterocycles. The van der Waals surface area contributed by atoms with E-state index in [4.69, 9.17) is 10.5 Å². The average Bonchev–Trinajstić information content (AvgIpc) is 3.22. The predicted octanol–water partition coefficient (Wildman–Crippen LogP) is 3.67. The molecule has 0 aliphatic heterocycles. The molecule has 2 aromatic heterocycles. The van der Waals surface area contributed by atoms with Gasteiger partial charge in [-0.2, -0.15) is 0 Å². The van der Waals surface area contributed by atoms with Crippen LogP contribution in [0.15, 0.2) is 79.3 Å². The number of nitrogens with one attached hydrogen (secondary N) is 2. The van der Waals surface area contributed by atoms with E-state index in [1.807, 2.05) is 6.07 Å². The van der Waals surface area contributed by atoms with E-state index in [0.29, 0.717) is 17.7 Å². The number of alkyl carbamates (subject to hydrolysis) is 1. The second-order valence-corrected chi connectivity index (χ2v) is 7.27. The highest BCUT2D eigenvalue weighted by Crippen LogP contribution is 2.21. The van der Waals surface area contributed by atoms with Crippen molar-refractivity contribution < 1.29 is 18.7 Å². The molecule has 4 aromatic rings. The molecule has 2 aromatic carbocycles. The van der Waals surface area contributed by atoms with Crippen LogP contribution in [0.1, 0.15) is 21.5 Å². The van der Waals surface area contributed by atoms with Crippen LogP contribution in [0.4, 0.5) is 20.7 Å². The number of rotatable bonds is 7. The fourth-order valence-electron chi connectivity index (χ4n) is 3.05. The third kappa shape index (κ3) is 5.54. The minimum atomic E-state index is -0.563. The quantitative estimate of drug-likeness (QED) is 0.387. The molecule has 0 spiro atoms. The molecule has 0 aliphatic rings. The van der Waals surface area contributed by atoms with Gasteiger partial charge in [0, 0.05) is 24.5 Å². The number of nitrogen functional groups attached to an aromatic ring is 1. The number of pyridine rings is 1. The van der Waals surface area contributed by atoms with Gasteiger partial charge in [-0.25, -0.2) is 13.9 Å². The minimum Gasteiger partial charge on any atom is -0.445 e. The number of benzene rings is 2. The van der Waals surface area contributed by atoms with Crippen LogP contribution in [0, 0.1) is 5.82 Å². The zero-order valence-corrected chi connectivity index (χ0v) is 17.9. The number of carbonyl (C=O) groups is 2. The summed E-state index contributed by atoms with van der Waals surface area (Å²) in [6, 6.07) is 16.2. The van der Waals surface area contributed by atoms with Gasteiger partial charge in [0.2, 0.25) is 0 Å². The maximum absolute atomic E-state index is 14.0. The van der Waals surface area contributed by atoms with Crippen molar-refractivity contribution in [3.05, 3.63) is 102 Å². The van der Waals surface area contributed by atoms with Crippen molar-refractivity contribution in [2.45, 2.75) is 13.2 Å². The molecule has 0 radical (unpaired) electrons. The van der Waals surface area contributed by atoms with Crippen LogP contribution < -0.4 is 16.4 Å². The van der Waals surface area contributed by atoms with E-state index in [1.165, 1.54) is 16.9 Å². The lowest BCUT2D eigenvalue weighted by atomic mass is 10.1. The molecule has 34 heavy (non-hydrogen) atoms. The van der Waals surface area contributed by atoms with Crippen molar-refractivity contribution >= 4 is 23.5 Å². The van der Waals surface area contributed by atoms with Crippen LogP contribution in [0.25, 0.3) is 5.69 Å². The van der Waals surface area contributed by atoms with Crippen molar-refractivity contribution in [2.75, 3.05) is 11.1 Å². The first-order valence-electron chi connectivity index (χ1n) is 10.3. The summed E-state index contributed by atoms with van der Waals surface area (Å²) >= 11 is 0. The minimum absolute atomic E-state index is 0.0424. The molecule has 4 rings (SSSR count). The van der Waals surface area contributed by atoms with Crippen molar-refractivity contribution in [3.63, 3.8) is 0 Å². The summed E-state index contributed by atoms with van der Waals surface area (Å²) in [5.74, 6) is -0.787. The number of para-hydroxylation sites is 1. The maximum atomic E-state index is 14.0. The van der Waals surface area contributed by atoms with Gasteiger partial charge in [-0.1, -0.05) is 30.3 Å². The Balaban J connectivity index is 1.31. The van der Waals surface area contributed by atoms with E-state index in [-0.39, 0.29) is 23.8 Å². The lowest BCUT2D eigenvalue weighted by molar-refractivity contribution is 0.102. The molecule has 2 amide bonds. The summed E-state index contributed by atoms with van der Waals surface area (Å²) in [4.78, 5) is 28.4. The van der Waals surface area contributed by atoms with Gasteiger partial charge in [0.25, 0.3) is 5.91 Å². The molecule has 0 saturated heterocycles. The fourth-order valence-corrected chi connectivity index (χ4v) is 3.05. The molecule has 172 valence electrons. The standard InChI is InChI=1S/C24H21FN6O3/c25-19-5-1-2-6-21(19)31-14-20(26)22(30-31)29-23(32)18-9-7-16(8-10-18)15-34-24(33)28-13-17-4-3-11-27-12-17/h1-12,14H,13,15,26H2,(H,28,33)(H,29,30,32). The van der Waals surface area contributed by atoms with Gasteiger partial charge >= 0.3 is 6.09 Å². The number of aromatic nitrogens is 3. The lowest BCUT2D eigenvalue weighted by Crippen LogP contribution is -2.23. The Morgan fingerprint density at radius 1 is 1.03 bits per heavy atom. The Morgan fingerprint density at radius 2 is 1.82 bits per heavy atom. The Bertz CT molecular complexity index is 1290. The molecule has 9 nitrogen and oxygen atoms in total. The number of nitrogens with zero attached hydrogens (tertiary/aromatic N) is 3. The Kier molecular flexibility index (Phi) is 6.78. The van der Waals surface area contributed by atoms with Gasteiger partial charge in [0.1, 0.15) is 18.1 Å². The molecule has 10 heteroatoms. The van der Waals surface area contributed by atoms with Gasteiger partial charge in [0.05, 0.1) is 11.9 Å². The largest absolute Gasteiger partial charge is 0.445 e. The molecule has 0 saturated carbocycles. The van der Waals surface area contributed by atoms with E-state index in [9.17, 15) is 14.0 Å². The number of halogens is 1. The second kappa shape index (κ2) is 10.3. The Morgan fingerprint density at radius 3 is 2.56 bits per heavy atom. The van der Waals surface area contributed by atoms with Crippen molar-refractivity contribution in [3.8, 4) is 5.69 Å². The monoisotopic (exact) mass is 460 g/mol. The van der Waals surface area contributed by atoms with E-state index in [0.717, 1.165) is 5.56 Å². The van der Waals surface area contributed by atoms with Gasteiger partial charge in [-0.3, -0.25) is 9.78 Å². The molecule has 0 unspecified atom stereocenters. The van der Waals surface area contributed by atoms with E-state index < -0.39 is 17.8 Å². The SMILES string of the molecule is Nc1cn(-c2ccccc2F)nc1NC(=O)c1ccc(COC(=O)NCc2cccnc2)cc1. The zero-order valence-electron chi connectivity index (χ0n) is 17.9.